The highest BCUT2D eigenvalue weighted by molar-refractivity contribution is 6.35. The van der Waals surface area contributed by atoms with Gasteiger partial charge in [-0.2, -0.15) is 0 Å². The Morgan fingerprint density at radius 3 is 2.64 bits per heavy atom. The number of nitrogens with zero attached hydrogens (tertiary/aromatic N) is 1. The molecule has 5 rings (SSSR count). The van der Waals surface area contributed by atoms with Crippen LogP contribution in [0, 0.1) is 6.92 Å². The second kappa shape index (κ2) is 6.68. The zero-order chi connectivity index (χ0) is 19.1. The average molecular weight is 366 g/mol. The SMILES string of the molecule is Cc1ccc2c(c1)/C(=C/c1ccccc1N1CCc3ccccc3C1)C(=O)N2. The highest BCUT2D eigenvalue weighted by Gasteiger charge is 2.25. The summed E-state index contributed by atoms with van der Waals surface area (Å²) < 4.78 is 0. The lowest BCUT2D eigenvalue weighted by molar-refractivity contribution is -0.110. The Kier molecular flexibility index (Phi) is 4.01. The van der Waals surface area contributed by atoms with Crippen LogP contribution in [0.5, 0.6) is 0 Å². The van der Waals surface area contributed by atoms with E-state index in [2.05, 4.69) is 65.7 Å². The third-order valence-electron chi connectivity index (χ3n) is 5.67. The first-order chi connectivity index (χ1) is 13.7. The molecule has 2 aliphatic heterocycles. The van der Waals surface area contributed by atoms with Gasteiger partial charge in [-0.15, -0.1) is 0 Å². The first kappa shape index (κ1) is 16.8. The van der Waals surface area contributed by atoms with Crippen LogP contribution in [0.1, 0.15) is 27.8 Å². The molecule has 1 amide bonds. The summed E-state index contributed by atoms with van der Waals surface area (Å²) in [6.45, 7) is 3.94. The smallest absolute Gasteiger partial charge is 0.256 e. The second-order valence-electron chi connectivity index (χ2n) is 7.56. The monoisotopic (exact) mass is 366 g/mol. The molecule has 0 spiro atoms. The van der Waals surface area contributed by atoms with E-state index in [0.717, 1.165) is 47.5 Å². The van der Waals surface area contributed by atoms with Gasteiger partial charge in [0.25, 0.3) is 5.91 Å². The largest absolute Gasteiger partial charge is 0.366 e. The van der Waals surface area contributed by atoms with Crippen molar-refractivity contribution in [2.45, 2.75) is 19.9 Å². The maximum Gasteiger partial charge on any atom is 0.256 e. The van der Waals surface area contributed by atoms with E-state index >= 15 is 0 Å². The van der Waals surface area contributed by atoms with Crippen molar-refractivity contribution in [1.29, 1.82) is 0 Å². The first-order valence-electron chi connectivity index (χ1n) is 9.74. The standard InChI is InChI=1S/C25H22N2O/c1-17-10-11-23-21(14-17)22(25(28)26-23)15-19-7-4-5-9-24(19)27-13-12-18-6-2-3-8-20(18)16-27/h2-11,14-15H,12-13,16H2,1H3,(H,26,28)/b22-15-. The van der Waals surface area contributed by atoms with E-state index in [1.807, 2.05) is 24.3 Å². The highest BCUT2D eigenvalue weighted by atomic mass is 16.2. The predicted octanol–water partition coefficient (Wildman–Crippen LogP) is 5.05. The Labute approximate surface area is 165 Å². The van der Waals surface area contributed by atoms with Gasteiger partial charge in [0.2, 0.25) is 0 Å². The van der Waals surface area contributed by atoms with E-state index in [1.165, 1.54) is 16.8 Å². The number of hydrogen-bond acceptors (Lipinski definition) is 2. The van der Waals surface area contributed by atoms with Gasteiger partial charge in [0.05, 0.1) is 0 Å². The fraction of sp³-hybridized carbons (Fsp3) is 0.160. The van der Waals surface area contributed by atoms with Crippen LogP contribution >= 0.6 is 0 Å². The molecule has 0 aliphatic carbocycles. The summed E-state index contributed by atoms with van der Waals surface area (Å²) in [5.41, 5.74) is 8.87. The predicted molar refractivity (Wildman–Crippen MR) is 115 cm³/mol. The number of rotatable bonds is 2. The summed E-state index contributed by atoms with van der Waals surface area (Å²) in [7, 11) is 0. The Morgan fingerprint density at radius 2 is 1.75 bits per heavy atom. The van der Waals surface area contributed by atoms with Gasteiger partial charge in [-0.25, -0.2) is 0 Å². The van der Waals surface area contributed by atoms with Gasteiger partial charge in [0, 0.05) is 35.6 Å². The van der Waals surface area contributed by atoms with Gasteiger partial charge >= 0.3 is 0 Å². The molecule has 0 bridgehead atoms. The van der Waals surface area contributed by atoms with Crippen LogP contribution in [-0.2, 0) is 17.8 Å². The zero-order valence-corrected chi connectivity index (χ0v) is 15.9. The molecule has 0 saturated carbocycles. The van der Waals surface area contributed by atoms with Crippen molar-refractivity contribution in [3.8, 4) is 0 Å². The van der Waals surface area contributed by atoms with Crippen molar-refractivity contribution in [2.75, 3.05) is 16.8 Å². The van der Waals surface area contributed by atoms with E-state index in [1.54, 1.807) is 0 Å². The van der Waals surface area contributed by atoms with E-state index in [4.69, 9.17) is 0 Å². The lowest BCUT2D eigenvalue weighted by Crippen LogP contribution is -2.30. The molecule has 2 aliphatic rings. The molecule has 0 aromatic heterocycles. The van der Waals surface area contributed by atoms with Gasteiger partial charge in [-0.05, 0) is 54.3 Å². The van der Waals surface area contributed by atoms with Crippen molar-refractivity contribution in [3.05, 3.63) is 94.5 Å². The van der Waals surface area contributed by atoms with E-state index < -0.39 is 0 Å². The molecule has 3 aromatic carbocycles. The summed E-state index contributed by atoms with van der Waals surface area (Å²) in [5.74, 6) is -0.0283. The van der Waals surface area contributed by atoms with E-state index in [0.29, 0.717) is 0 Å². The van der Waals surface area contributed by atoms with Crippen LogP contribution < -0.4 is 10.2 Å². The summed E-state index contributed by atoms with van der Waals surface area (Å²) >= 11 is 0. The molecule has 0 unspecified atom stereocenters. The fourth-order valence-corrected chi connectivity index (χ4v) is 4.20. The van der Waals surface area contributed by atoms with Crippen molar-refractivity contribution in [1.82, 2.24) is 0 Å². The molecule has 1 N–H and O–H groups in total. The summed E-state index contributed by atoms with van der Waals surface area (Å²) in [6, 6.07) is 23.1. The molecule has 28 heavy (non-hydrogen) atoms. The minimum atomic E-state index is -0.0283. The Morgan fingerprint density at radius 1 is 0.964 bits per heavy atom. The van der Waals surface area contributed by atoms with Crippen molar-refractivity contribution >= 4 is 28.9 Å². The quantitative estimate of drug-likeness (QED) is 0.644. The van der Waals surface area contributed by atoms with Crippen molar-refractivity contribution < 1.29 is 4.79 Å². The molecule has 3 nitrogen and oxygen atoms in total. The summed E-state index contributed by atoms with van der Waals surface area (Å²) in [4.78, 5) is 15.0. The zero-order valence-electron chi connectivity index (χ0n) is 15.9. The van der Waals surface area contributed by atoms with Crippen LogP contribution in [-0.4, -0.2) is 12.5 Å². The second-order valence-corrected chi connectivity index (χ2v) is 7.56. The normalized spacial score (nSPS) is 16.7. The van der Waals surface area contributed by atoms with Crippen molar-refractivity contribution in [2.24, 2.45) is 0 Å². The van der Waals surface area contributed by atoms with Gasteiger partial charge in [0.1, 0.15) is 0 Å². The van der Waals surface area contributed by atoms with Crippen molar-refractivity contribution in [3.63, 3.8) is 0 Å². The van der Waals surface area contributed by atoms with E-state index in [9.17, 15) is 4.79 Å². The Bertz CT molecular complexity index is 1110. The molecule has 138 valence electrons. The lowest BCUT2D eigenvalue weighted by atomic mass is 9.97. The molecule has 3 heteroatoms. The number of para-hydroxylation sites is 1. The van der Waals surface area contributed by atoms with Crippen LogP contribution in [0.15, 0.2) is 66.7 Å². The number of carbonyl (C=O) groups is 1. The molecule has 3 aromatic rings. The molecular formula is C25H22N2O. The topological polar surface area (TPSA) is 32.3 Å². The highest BCUT2D eigenvalue weighted by Crippen LogP contribution is 2.36. The van der Waals surface area contributed by atoms with Crippen LogP contribution in [0.4, 0.5) is 11.4 Å². The van der Waals surface area contributed by atoms with Crippen LogP contribution in [0.25, 0.3) is 11.6 Å². The molecule has 0 radical (unpaired) electrons. The number of amides is 1. The molecule has 0 atom stereocenters. The lowest BCUT2D eigenvalue weighted by Gasteiger charge is -2.32. The number of nitrogens with one attached hydrogen (secondary N) is 1. The Hall–Kier alpha value is -3.33. The Balaban J connectivity index is 1.55. The minimum Gasteiger partial charge on any atom is -0.366 e. The number of aryl methyl sites for hydroxylation is 1. The fourth-order valence-electron chi connectivity index (χ4n) is 4.20. The number of carbonyl (C=O) groups excluding carboxylic acids is 1. The summed E-state index contributed by atoms with van der Waals surface area (Å²) in [6.07, 6.45) is 3.08. The molecule has 0 fully saturated rings. The minimum absolute atomic E-state index is 0.0283. The molecule has 0 saturated heterocycles. The van der Waals surface area contributed by atoms with Gasteiger partial charge < -0.3 is 10.2 Å². The number of fused-ring (bicyclic) bond motifs is 2. The number of anilines is 2. The molecule has 2 heterocycles. The third-order valence-corrected chi connectivity index (χ3v) is 5.67. The van der Waals surface area contributed by atoms with Gasteiger partial charge in [-0.1, -0.05) is 54.1 Å². The first-order valence-corrected chi connectivity index (χ1v) is 9.74. The maximum atomic E-state index is 12.6. The third kappa shape index (κ3) is 2.89. The number of hydrogen-bond donors (Lipinski definition) is 1. The van der Waals surface area contributed by atoms with Crippen LogP contribution in [0.3, 0.4) is 0 Å². The van der Waals surface area contributed by atoms with Gasteiger partial charge in [-0.3, -0.25) is 4.79 Å². The number of benzene rings is 3. The molecular weight excluding hydrogens is 344 g/mol. The van der Waals surface area contributed by atoms with Crippen LogP contribution in [0.2, 0.25) is 0 Å². The summed E-state index contributed by atoms with van der Waals surface area (Å²) in [5, 5.41) is 2.99. The van der Waals surface area contributed by atoms with E-state index in [-0.39, 0.29) is 5.91 Å². The maximum absolute atomic E-state index is 12.6. The average Bonchev–Trinajstić information content (AvgIpc) is 3.03. The van der Waals surface area contributed by atoms with Gasteiger partial charge in [0.15, 0.2) is 0 Å².